The van der Waals surface area contributed by atoms with Crippen molar-refractivity contribution in [2.24, 2.45) is 0 Å². The molecule has 7 aromatic rings. The second-order valence-corrected chi connectivity index (χ2v) is 8.84. The van der Waals surface area contributed by atoms with Gasteiger partial charge in [-0.3, -0.25) is 0 Å². The Bertz CT molecular complexity index is 1740. The molecule has 1 nitrogen and oxygen atoms in total. The maximum absolute atomic E-state index is 2.44. The molecule has 0 aliphatic rings. The van der Waals surface area contributed by atoms with Crippen LogP contribution in [0.2, 0.25) is 0 Å². The van der Waals surface area contributed by atoms with Gasteiger partial charge in [-0.05, 0) is 35.0 Å². The molecule has 5 aromatic carbocycles. The fourth-order valence-corrected chi connectivity index (χ4v) is 6.15. The first-order chi connectivity index (χ1) is 14.9. The maximum atomic E-state index is 2.44. The molecule has 2 aromatic heterocycles. The highest BCUT2D eigenvalue weighted by atomic mass is 32.1. The van der Waals surface area contributed by atoms with Crippen molar-refractivity contribution in [2.75, 3.05) is 0 Å². The topological polar surface area (TPSA) is 4.93 Å². The Kier molecular flexibility index (Phi) is 3.21. The highest BCUT2D eigenvalue weighted by molar-refractivity contribution is 7.26. The largest absolute Gasteiger partial charge is 0.308 e. The van der Waals surface area contributed by atoms with Crippen LogP contribution in [0, 0.1) is 0 Å². The van der Waals surface area contributed by atoms with Crippen LogP contribution in [-0.4, -0.2) is 4.57 Å². The molecule has 0 aliphatic carbocycles. The lowest BCUT2D eigenvalue weighted by Gasteiger charge is -2.08. The summed E-state index contributed by atoms with van der Waals surface area (Å²) in [5, 5.41) is 7.98. The first-order valence-electron chi connectivity index (χ1n) is 10.2. The molecular formula is C28H17NS. The van der Waals surface area contributed by atoms with E-state index in [1.54, 1.807) is 0 Å². The Balaban J connectivity index is 1.76. The average molecular weight is 400 g/mol. The first-order valence-corrected chi connectivity index (χ1v) is 11.0. The molecule has 0 fully saturated rings. The van der Waals surface area contributed by atoms with Crippen molar-refractivity contribution in [2.45, 2.75) is 0 Å². The van der Waals surface area contributed by atoms with Gasteiger partial charge in [0.05, 0.1) is 15.7 Å². The van der Waals surface area contributed by atoms with Crippen molar-refractivity contribution in [3.63, 3.8) is 0 Å². The van der Waals surface area contributed by atoms with E-state index in [1.165, 1.54) is 58.4 Å². The molecule has 2 heteroatoms. The Morgan fingerprint density at radius 3 is 2.17 bits per heavy atom. The van der Waals surface area contributed by atoms with Crippen molar-refractivity contribution in [3.05, 3.63) is 103 Å². The SMILES string of the molecule is c1ccc(-n2c3ccccc3c3ccc4c(sc5ccc6ccccc6c54)c32)cc1. The van der Waals surface area contributed by atoms with Gasteiger partial charge in [-0.1, -0.05) is 78.9 Å². The molecule has 0 saturated carbocycles. The predicted molar refractivity (Wildman–Crippen MR) is 131 cm³/mol. The van der Waals surface area contributed by atoms with Crippen LogP contribution in [0.25, 0.3) is 58.4 Å². The lowest BCUT2D eigenvalue weighted by atomic mass is 10.0. The highest BCUT2D eigenvalue weighted by Gasteiger charge is 2.18. The number of aromatic nitrogens is 1. The van der Waals surface area contributed by atoms with Crippen molar-refractivity contribution >= 4 is 64.1 Å². The Labute approximate surface area is 177 Å². The van der Waals surface area contributed by atoms with E-state index < -0.39 is 0 Å². The molecule has 30 heavy (non-hydrogen) atoms. The van der Waals surface area contributed by atoms with Gasteiger partial charge in [-0.15, -0.1) is 11.3 Å². The van der Waals surface area contributed by atoms with Gasteiger partial charge in [0.1, 0.15) is 0 Å². The van der Waals surface area contributed by atoms with Crippen LogP contribution < -0.4 is 0 Å². The minimum Gasteiger partial charge on any atom is -0.308 e. The summed E-state index contributed by atoms with van der Waals surface area (Å²) in [6.07, 6.45) is 0. The molecule has 2 heterocycles. The Hall–Kier alpha value is -3.62. The van der Waals surface area contributed by atoms with Crippen molar-refractivity contribution in [1.29, 1.82) is 0 Å². The van der Waals surface area contributed by atoms with Crippen molar-refractivity contribution in [3.8, 4) is 5.69 Å². The lowest BCUT2D eigenvalue weighted by Crippen LogP contribution is -1.92. The summed E-state index contributed by atoms with van der Waals surface area (Å²) < 4.78 is 5.14. The van der Waals surface area contributed by atoms with Gasteiger partial charge in [-0.2, -0.15) is 0 Å². The third kappa shape index (κ3) is 2.06. The Morgan fingerprint density at radius 2 is 1.27 bits per heavy atom. The summed E-state index contributed by atoms with van der Waals surface area (Å²) in [5.41, 5.74) is 3.78. The minimum atomic E-state index is 1.21. The van der Waals surface area contributed by atoms with Crippen LogP contribution in [-0.2, 0) is 0 Å². The molecule has 0 radical (unpaired) electrons. The zero-order valence-corrected chi connectivity index (χ0v) is 17.0. The quantitative estimate of drug-likeness (QED) is 0.262. The molecule has 0 N–H and O–H groups in total. The van der Waals surface area contributed by atoms with Gasteiger partial charge in [0.2, 0.25) is 0 Å². The average Bonchev–Trinajstić information content (AvgIpc) is 3.35. The van der Waals surface area contributed by atoms with Crippen LogP contribution in [0.15, 0.2) is 103 Å². The van der Waals surface area contributed by atoms with Gasteiger partial charge in [0, 0.05) is 31.9 Å². The maximum Gasteiger partial charge on any atom is 0.0719 e. The normalized spacial score (nSPS) is 12.0. The molecule has 140 valence electrons. The summed E-state index contributed by atoms with van der Waals surface area (Å²) in [6.45, 7) is 0. The molecule has 0 amide bonds. The molecule has 0 spiro atoms. The number of nitrogens with zero attached hydrogens (tertiary/aromatic N) is 1. The molecule has 0 unspecified atom stereocenters. The summed E-state index contributed by atoms with van der Waals surface area (Å²) in [6, 6.07) is 37.4. The van der Waals surface area contributed by atoms with Crippen molar-refractivity contribution < 1.29 is 0 Å². The third-order valence-corrected chi connectivity index (χ3v) is 7.35. The van der Waals surface area contributed by atoms with E-state index in [0.717, 1.165) is 0 Å². The summed E-state index contributed by atoms with van der Waals surface area (Å²) >= 11 is 1.91. The monoisotopic (exact) mass is 399 g/mol. The molecule has 0 saturated heterocycles. The van der Waals surface area contributed by atoms with Crippen LogP contribution in [0.1, 0.15) is 0 Å². The third-order valence-electron chi connectivity index (χ3n) is 6.18. The van der Waals surface area contributed by atoms with E-state index in [9.17, 15) is 0 Å². The van der Waals surface area contributed by atoms with Gasteiger partial charge in [-0.25, -0.2) is 0 Å². The smallest absolute Gasteiger partial charge is 0.0719 e. The molecule has 0 atom stereocenters. The second kappa shape index (κ2) is 5.94. The lowest BCUT2D eigenvalue weighted by molar-refractivity contribution is 1.19. The number of benzene rings is 5. The number of hydrogen-bond acceptors (Lipinski definition) is 1. The number of rotatable bonds is 1. The number of hydrogen-bond donors (Lipinski definition) is 0. The van der Waals surface area contributed by atoms with Gasteiger partial charge >= 0.3 is 0 Å². The molecule has 7 rings (SSSR count). The number of para-hydroxylation sites is 2. The van der Waals surface area contributed by atoms with Crippen LogP contribution in [0.4, 0.5) is 0 Å². The van der Waals surface area contributed by atoms with E-state index in [1.807, 2.05) is 11.3 Å². The second-order valence-electron chi connectivity index (χ2n) is 7.79. The molecule has 0 aliphatic heterocycles. The fraction of sp³-hybridized carbons (Fsp3) is 0. The zero-order chi connectivity index (χ0) is 19.7. The highest BCUT2D eigenvalue weighted by Crippen LogP contribution is 2.44. The first kappa shape index (κ1) is 16.2. The van der Waals surface area contributed by atoms with E-state index in [2.05, 4.69) is 108 Å². The predicted octanol–water partition coefficient (Wildman–Crippen LogP) is 8.30. The summed E-state index contributed by atoms with van der Waals surface area (Å²) in [4.78, 5) is 0. The van der Waals surface area contributed by atoms with Gasteiger partial charge < -0.3 is 4.57 Å². The molecule has 0 bridgehead atoms. The van der Waals surface area contributed by atoms with E-state index in [0.29, 0.717) is 0 Å². The number of fused-ring (bicyclic) bond motifs is 9. The van der Waals surface area contributed by atoms with Gasteiger partial charge in [0.25, 0.3) is 0 Å². The minimum absolute atomic E-state index is 1.21. The standard InChI is InChI=1S/C28H17NS/c1-2-9-19(10-3-1)29-24-13-7-6-12-21(24)22-15-16-23-26-20-11-5-4-8-18(20)14-17-25(26)30-28(23)27(22)29/h1-17H. The van der Waals surface area contributed by atoms with E-state index in [-0.39, 0.29) is 0 Å². The summed E-state index contributed by atoms with van der Waals surface area (Å²) in [5.74, 6) is 0. The van der Waals surface area contributed by atoms with E-state index in [4.69, 9.17) is 0 Å². The van der Waals surface area contributed by atoms with Crippen LogP contribution >= 0.6 is 11.3 Å². The van der Waals surface area contributed by atoms with Crippen molar-refractivity contribution in [1.82, 2.24) is 4.57 Å². The van der Waals surface area contributed by atoms with Crippen LogP contribution in [0.5, 0.6) is 0 Å². The Morgan fingerprint density at radius 1 is 0.533 bits per heavy atom. The molecular weight excluding hydrogens is 382 g/mol. The zero-order valence-electron chi connectivity index (χ0n) is 16.2. The van der Waals surface area contributed by atoms with Gasteiger partial charge in [0.15, 0.2) is 0 Å². The number of thiophene rings is 1. The fourth-order valence-electron chi connectivity index (χ4n) is 4.90. The van der Waals surface area contributed by atoms with Crippen LogP contribution in [0.3, 0.4) is 0 Å². The van der Waals surface area contributed by atoms with E-state index >= 15 is 0 Å². The summed E-state index contributed by atoms with van der Waals surface area (Å²) in [7, 11) is 0.